The maximum Gasteiger partial charge on any atom is 0.259 e. The summed E-state index contributed by atoms with van der Waals surface area (Å²) in [5.41, 5.74) is 1.07. The van der Waals surface area contributed by atoms with Crippen molar-refractivity contribution in [3.8, 4) is 22.6 Å². The van der Waals surface area contributed by atoms with Gasteiger partial charge in [-0.1, -0.05) is 30.3 Å². The fourth-order valence-corrected chi connectivity index (χ4v) is 1.72. The minimum absolute atomic E-state index is 0.200. The number of benzene rings is 1. The lowest BCUT2D eigenvalue weighted by atomic mass is 10.1. The molecule has 2 aromatic rings. The number of H-pyrrole nitrogens is 1. The van der Waals surface area contributed by atoms with Gasteiger partial charge in [-0.15, -0.1) is 0 Å². The maximum atomic E-state index is 11.9. The first kappa shape index (κ1) is 11.3. The Morgan fingerprint density at radius 1 is 1.06 bits per heavy atom. The van der Waals surface area contributed by atoms with E-state index in [4.69, 9.17) is 9.47 Å². The number of rotatable bonds is 3. The number of aromatic amines is 1. The van der Waals surface area contributed by atoms with Crippen LogP contribution in [0.5, 0.6) is 11.5 Å². The molecule has 0 radical (unpaired) electrons. The highest BCUT2D eigenvalue weighted by Gasteiger charge is 2.15. The summed E-state index contributed by atoms with van der Waals surface area (Å²) in [5.74, 6) is 0.952. The lowest BCUT2D eigenvalue weighted by Crippen LogP contribution is -2.11. The van der Waals surface area contributed by atoms with Gasteiger partial charge in [-0.25, -0.2) is 0 Å². The van der Waals surface area contributed by atoms with Crippen molar-refractivity contribution in [3.63, 3.8) is 0 Å². The molecule has 0 atom stereocenters. The molecule has 0 saturated heterocycles. The molecular formula is C13H13NO3. The summed E-state index contributed by atoms with van der Waals surface area (Å²) in [7, 11) is 3.05. The predicted molar refractivity (Wildman–Crippen MR) is 65.6 cm³/mol. The third-order valence-electron chi connectivity index (χ3n) is 2.50. The van der Waals surface area contributed by atoms with Gasteiger partial charge in [0.05, 0.1) is 26.0 Å². The van der Waals surface area contributed by atoms with Gasteiger partial charge >= 0.3 is 0 Å². The molecule has 1 N–H and O–H groups in total. The van der Waals surface area contributed by atoms with Crippen LogP contribution < -0.4 is 15.0 Å². The zero-order valence-corrected chi connectivity index (χ0v) is 9.69. The van der Waals surface area contributed by atoms with Crippen molar-refractivity contribution >= 4 is 0 Å². The fourth-order valence-electron chi connectivity index (χ4n) is 1.72. The molecule has 2 rings (SSSR count). The standard InChI is InChI=1S/C13H13NO3/c1-16-10-8-14-13(15)11(12(10)17-2)9-6-4-3-5-7-9/h3-8H,1-2H3,(H,14,15). The lowest BCUT2D eigenvalue weighted by molar-refractivity contribution is 0.354. The van der Waals surface area contributed by atoms with Gasteiger partial charge in [0.1, 0.15) is 0 Å². The number of hydrogen-bond donors (Lipinski definition) is 1. The number of pyridine rings is 1. The Bertz CT molecular complexity index is 561. The van der Waals surface area contributed by atoms with Crippen molar-refractivity contribution in [2.45, 2.75) is 0 Å². The molecule has 0 unspecified atom stereocenters. The molecule has 0 bridgehead atoms. The molecule has 0 fully saturated rings. The van der Waals surface area contributed by atoms with Gasteiger partial charge in [-0.3, -0.25) is 4.79 Å². The van der Waals surface area contributed by atoms with Crippen molar-refractivity contribution in [3.05, 3.63) is 46.9 Å². The highest BCUT2D eigenvalue weighted by atomic mass is 16.5. The van der Waals surface area contributed by atoms with Crippen molar-refractivity contribution in [1.82, 2.24) is 4.98 Å². The molecule has 0 saturated carbocycles. The third-order valence-corrected chi connectivity index (χ3v) is 2.50. The van der Waals surface area contributed by atoms with Crippen LogP contribution in [0.15, 0.2) is 41.3 Å². The van der Waals surface area contributed by atoms with Gasteiger partial charge in [-0.05, 0) is 5.56 Å². The summed E-state index contributed by atoms with van der Waals surface area (Å²) < 4.78 is 10.4. The number of ether oxygens (including phenoxy) is 2. The smallest absolute Gasteiger partial charge is 0.259 e. The second kappa shape index (κ2) is 4.74. The molecule has 1 aromatic carbocycles. The zero-order valence-electron chi connectivity index (χ0n) is 9.69. The van der Waals surface area contributed by atoms with Gasteiger partial charge in [0.2, 0.25) is 0 Å². The molecular weight excluding hydrogens is 218 g/mol. The number of nitrogens with one attached hydrogen (secondary N) is 1. The molecule has 1 aromatic heterocycles. The SMILES string of the molecule is COc1c[nH]c(=O)c(-c2ccccc2)c1OC. The van der Waals surface area contributed by atoms with Crippen LogP contribution in [0.3, 0.4) is 0 Å². The predicted octanol–water partition coefficient (Wildman–Crippen LogP) is 2.06. The number of aromatic nitrogens is 1. The van der Waals surface area contributed by atoms with Gasteiger partial charge in [0.25, 0.3) is 5.56 Å². The Morgan fingerprint density at radius 3 is 2.35 bits per heavy atom. The normalized spacial score (nSPS) is 10.0. The Hall–Kier alpha value is -2.23. The van der Waals surface area contributed by atoms with Crippen LogP contribution in [0, 0.1) is 0 Å². The molecule has 88 valence electrons. The van der Waals surface area contributed by atoms with Crippen molar-refractivity contribution in [1.29, 1.82) is 0 Å². The van der Waals surface area contributed by atoms with Crippen LogP contribution in [0.2, 0.25) is 0 Å². The van der Waals surface area contributed by atoms with Crippen molar-refractivity contribution in [2.75, 3.05) is 14.2 Å². The second-order valence-electron chi connectivity index (χ2n) is 3.46. The largest absolute Gasteiger partial charge is 0.492 e. The van der Waals surface area contributed by atoms with Crippen LogP contribution in [0.25, 0.3) is 11.1 Å². The van der Waals surface area contributed by atoms with Crippen LogP contribution in [-0.2, 0) is 0 Å². The third kappa shape index (κ3) is 2.01. The van der Waals surface area contributed by atoms with E-state index in [2.05, 4.69) is 4.98 Å². The van der Waals surface area contributed by atoms with E-state index in [1.807, 2.05) is 30.3 Å². The van der Waals surface area contributed by atoms with Crippen LogP contribution in [0.4, 0.5) is 0 Å². The topological polar surface area (TPSA) is 51.3 Å². The maximum absolute atomic E-state index is 11.9. The average Bonchev–Trinajstić information content (AvgIpc) is 2.39. The van der Waals surface area contributed by atoms with E-state index in [9.17, 15) is 4.79 Å². The van der Waals surface area contributed by atoms with Gasteiger partial charge in [0.15, 0.2) is 11.5 Å². The van der Waals surface area contributed by atoms with E-state index in [-0.39, 0.29) is 5.56 Å². The second-order valence-corrected chi connectivity index (χ2v) is 3.46. The van der Waals surface area contributed by atoms with Crippen LogP contribution in [-0.4, -0.2) is 19.2 Å². The molecule has 17 heavy (non-hydrogen) atoms. The van der Waals surface area contributed by atoms with Gasteiger partial charge < -0.3 is 14.5 Å². The Labute approximate surface area is 98.8 Å². The van der Waals surface area contributed by atoms with E-state index in [1.54, 1.807) is 0 Å². The van der Waals surface area contributed by atoms with E-state index in [0.29, 0.717) is 17.1 Å². The highest BCUT2D eigenvalue weighted by Crippen LogP contribution is 2.33. The minimum atomic E-state index is -0.200. The van der Waals surface area contributed by atoms with Crippen LogP contribution >= 0.6 is 0 Å². The summed E-state index contributed by atoms with van der Waals surface area (Å²) in [4.78, 5) is 14.5. The number of methoxy groups -OCH3 is 2. The van der Waals surface area contributed by atoms with E-state index in [0.717, 1.165) is 5.56 Å². The number of hydrogen-bond acceptors (Lipinski definition) is 3. The summed E-state index contributed by atoms with van der Waals surface area (Å²) in [6.07, 6.45) is 1.49. The van der Waals surface area contributed by atoms with Gasteiger partial charge in [-0.2, -0.15) is 0 Å². The fraction of sp³-hybridized carbons (Fsp3) is 0.154. The summed E-state index contributed by atoms with van der Waals surface area (Å²) in [6.45, 7) is 0. The molecule has 4 nitrogen and oxygen atoms in total. The molecule has 0 aliphatic heterocycles. The minimum Gasteiger partial charge on any atom is -0.492 e. The first-order valence-electron chi connectivity index (χ1n) is 5.17. The lowest BCUT2D eigenvalue weighted by Gasteiger charge is -2.11. The quantitative estimate of drug-likeness (QED) is 0.879. The average molecular weight is 231 g/mol. The molecule has 0 aliphatic rings. The molecule has 0 spiro atoms. The van der Waals surface area contributed by atoms with Gasteiger partial charge in [0, 0.05) is 0 Å². The monoisotopic (exact) mass is 231 g/mol. The summed E-state index contributed by atoms with van der Waals surface area (Å²) >= 11 is 0. The summed E-state index contributed by atoms with van der Waals surface area (Å²) in [5, 5.41) is 0. The molecule has 0 amide bonds. The van der Waals surface area contributed by atoms with Crippen molar-refractivity contribution < 1.29 is 9.47 Å². The first-order chi connectivity index (χ1) is 8.27. The molecule has 0 aliphatic carbocycles. The van der Waals surface area contributed by atoms with E-state index < -0.39 is 0 Å². The summed E-state index contributed by atoms with van der Waals surface area (Å²) in [6, 6.07) is 9.34. The Kier molecular flexibility index (Phi) is 3.14. The van der Waals surface area contributed by atoms with Crippen molar-refractivity contribution in [2.24, 2.45) is 0 Å². The highest BCUT2D eigenvalue weighted by molar-refractivity contribution is 5.72. The zero-order chi connectivity index (χ0) is 12.3. The Balaban J connectivity index is 2.72. The first-order valence-corrected chi connectivity index (χ1v) is 5.17. The Morgan fingerprint density at radius 2 is 1.76 bits per heavy atom. The van der Waals surface area contributed by atoms with E-state index >= 15 is 0 Å². The van der Waals surface area contributed by atoms with E-state index in [1.165, 1.54) is 20.4 Å². The molecule has 1 heterocycles. The molecule has 4 heteroatoms. The van der Waals surface area contributed by atoms with Crippen LogP contribution in [0.1, 0.15) is 0 Å².